The van der Waals surface area contributed by atoms with E-state index >= 15 is 0 Å². The summed E-state index contributed by atoms with van der Waals surface area (Å²) in [5.74, 6) is 0.0167. The predicted molar refractivity (Wildman–Crippen MR) is 123 cm³/mol. The molecule has 5 rings (SSSR count). The summed E-state index contributed by atoms with van der Waals surface area (Å²) in [5.41, 5.74) is 2.10. The molecule has 2 aromatic carbocycles. The van der Waals surface area contributed by atoms with E-state index in [1.807, 2.05) is 48.5 Å². The van der Waals surface area contributed by atoms with Crippen LogP contribution in [0.3, 0.4) is 0 Å². The molecule has 0 radical (unpaired) electrons. The van der Waals surface area contributed by atoms with Crippen molar-refractivity contribution in [2.24, 2.45) is 0 Å². The molecule has 1 aliphatic carbocycles. The molecule has 1 aliphatic rings. The number of para-hydroxylation sites is 1. The van der Waals surface area contributed by atoms with E-state index in [9.17, 15) is 14.4 Å². The second kappa shape index (κ2) is 8.05. The summed E-state index contributed by atoms with van der Waals surface area (Å²) in [5, 5.41) is 3.08. The molecule has 1 unspecified atom stereocenters. The molecule has 8 heteroatoms. The Bertz CT molecular complexity index is 1370. The number of aromatic nitrogens is 2. The van der Waals surface area contributed by atoms with Gasteiger partial charge in [0.2, 0.25) is 0 Å². The standard InChI is InChI=1S/C24H19N3O4S/c1-31-15-8-6-13(7-9-15)14-10-19-16(20(28)11-14)12-17(22(29)25-19)23(30)27-24-26-18-4-2-3-5-21(18)32-24/h2-9,12,14H,10-11H2,1H3,(H,25,29)(H,26,27,30). The van der Waals surface area contributed by atoms with E-state index in [0.29, 0.717) is 29.2 Å². The number of pyridine rings is 1. The molecule has 0 saturated heterocycles. The fourth-order valence-electron chi connectivity index (χ4n) is 4.00. The second-order valence-corrected chi connectivity index (χ2v) is 8.68. The molecule has 0 saturated carbocycles. The van der Waals surface area contributed by atoms with Gasteiger partial charge in [-0.1, -0.05) is 35.6 Å². The van der Waals surface area contributed by atoms with Gasteiger partial charge in [0.05, 0.1) is 17.3 Å². The summed E-state index contributed by atoms with van der Waals surface area (Å²) >= 11 is 1.32. The van der Waals surface area contributed by atoms with Gasteiger partial charge in [0.25, 0.3) is 11.5 Å². The number of benzene rings is 2. The highest BCUT2D eigenvalue weighted by Gasteiger charge is 2.29. The Labute approximate surface area is 187 Å². The van der Waals surface area contributed by atoms with E-state index in [-0.39, 0.29) is 17.3 Å². The number of hydrogen-bond donors (Lipinski definition) is 2. The Balaban J connectivity index is 1.41. The minimum Gasteiger partial charge on any atom is -0.497 e. The van der Waals surface area contributed by atoms with E-state index < -0.39 is 11.5 Å². The first kappa shape index (κ1) is 20.1. The zero-order valence-electron chi connectivity index (χ0n) is 17.2. The molecule has 0 fully saturated rings. The van der Waals surface area contributed by atoms with Gasteiger partial charge in [-0.05, 0) is 48.2 Å². The maximum absolute atomic E-state index is 12.9. The van der Waals surface area contributed by atoms with E-state index in [1.165, 1.54) is 17.4 Å². The van der Waals surface area contributed by atoms with Crippen molar-refractivity contribution in [1.29, 1.82) is 0 Å². The number of aromatic amines is 1. The molecule has 32 heavy (non-hydrogen) atoms. The molecular weight excluding hydrogens is 426 g/mol. The fourth-order valence-corrected chi connectivity index (χ4v) is 4.86. The number of carbonyl (C=O) groups excluding carboxylic acids is 2. The van der Waals surface area contributed by atoms with E-state index in [2.05, 4.69) is 15.3 Å². The Hall–Kier alpha value is -3.78. The average molecular weight is 446 g/mol. The van der Waals surface area contributed by atoms with Crippen molar-refractivity contribution < 1.29 is 14.3 Å². The van der Waals surface area contributed by atoms with Crippen LogP contribution in [0.4, 0.5) is 5.13 Å². The zero-order chi connectivity index (χ0) is 22.2. The van der Waals surface area contributed by atoms with Crippen molar-refractivity contribution in [2.75, 3.05) is 12.4 Å². The number of fused-ring (bicyclic) bond motifs is 2. The zero-order valence-corrected chi connectivity index (χ0v) is 18.0. The lowest BCUT2D eigenvalue weighted by Crippen LogP contribution is -2.29. The Morgan fingerprint density at radius 2 is 1.91 bits per heavy atom. The predicted octanol–water partition coefficient (Wildman–Crippen LogP) is 4.16. The van der Waals surface area contributed by atoms with Crippen LogP contribution < -0.4 is 15.6 Å². The first-order chi connectivity index (χ1) is 15.5. The number of ketones is 1. The molecule has 1 atom stereocenters. The normalized spacial score (nSPS) is 15.4. The van der Waals surface area contributed by atoms with Gasteiger partial charge in [-0.25, -0.2) is 4.98 Å². The number of nitrogens with one attached hydrogen (secondary N) is 2. The molecule has 1 amide bonds. The summed E-state index contributed by atoms with van der Waals surface area (Å²) in [4.78, 5) is 45.4. The minimum absolute atomic E-state index is 0.0426. The quantitative estimate of drug-likeness (QED) is 0.491. The van der Waals surface area contributed by atoms with Crippen molar-refractivity contribution in [3.05, 3.63) is 87.3 Å². The molecule has 0 bridgehead atoms. The fraction of sp³-hybridized carbons (Fsp3) is 0.167. The minimum atomic E-state index is -0.585. The number of hydrogen-bond acceptors (Lipinski definition) is 6. The van der Waals surface area contributed by atoms with Gasteiger partial charge in [0.1, 0.15) is 11.3 Å². The van der Waals surface area contributed by atoms with Crippen LogP contribution in [0.1, 0.15) is 44.3 Å². The third-order valence-electron chi connectivity index (χ3n) is 5.65. The van der Waals surface area contributed by atoms with E-state index in [0.717, 1.165) is 21.5 Å². The smallest absolute Gasteiger partial charge is 0.263 e. The number of Topliss-reactive ketones (excluding diaryl/α,β-unsaturated/α-hetero) is 1. The Morgan fingerprint density at radius 3 is 2.66 bits per heavy atom. The summed E-state index contributed by atoms with van der Waals surface area (Å²) in [6, 6.07) is 16.5. The van der Waals surface area contributed by atoms with Crippen LogP contribution in [0.2, 0.25) is 0 Å². The number of thiazole rings is 1. The van der Waals surface area contributed by atoms with Crippen molar-refractivity contribution in [3.8, 4) is 5.75 Å². The molecule has 4 aromatic rings. The van der Waals surface area contributed by atoms with Crippen molar-refractivity contribution >= 4 is 38.4 Å². The number of methoxy groups -OCH3 is 1. The van der Waals surface area contributed by atoms with Crippen LogP contribution in [0, 0.1) is 0 Å². The lowest BCUT2D eigenvalue weighted by Gasteiger charge is -2.24. The third kappa shape index (κ3) is 3.69. The average Bonchev–Trinajstić information content (AvgIpc) is 3.20. The van der Waals surface area contributed by atoms with E-state index in [4.69, 9.17) is 4.74 Å². The molecule has 0 aliphatic heterocycles. The van der Waals surface area contributed by atoms with Crippen LogP contribution >= 0.6 is 11.3 Å². The van der Waals surface area contributed by atoms with Gasteiger partial charge >= 0.3 is 0 Å². The van der Waals surface area contributed by atoms with Crippen LogP contribution in [0.5, 0.6) is 5.75 Å². The molecular formula is C24H19N3O4S. The summed E-state index contributed by atoms with van der Waals surface area (Å²) in [7, 11) is 1.60. The van der Waals surface area contributed by atoms with Gasteiger partial charge in [-0.15, -0.1) is 0 Å². The van der Waals surface area contributed by atoms with Crippen LogP contribution in [0.25, 0.3) is 10.2 Å². The van der Waals surface area contributed by atoms with E-state index in [1.54, 1.807) is 7.11 Å². The maximum atomic E-state index is 12.9. The number of amides is 1. The number of nitrogens with zero attached hydrogens (tertiary/aromatic N) is 1. The van der Waals surface area contributed by atoms with Crippen LogP contribution in [-0.4, -0.2) is 28.8 Å². The molecule has 2 aromatic heterocycles. The van der Waals surface area contributed by atoms with Gasteiger partial charge in [0.15, 0.2) is 10.9 Å². The molecule has 160 valence electrons. The molecule has 2 heterocycles. The second-order valence-electron chi connectivity index (χ2n) is 7.65. The highest BCUT2D eigenvalue weighted by atomic mass is 32.1. The maximum Gasteiger partial charge on any atom is 0.263 e. The summed E-state index contributed by atoms with van der Waals surface area (Å²) < 4.78 is 6.12. The van der Waals surface area contributed by atoms with Crippen LogP contribution in [-0.2, 0) is 6.42 Å². The third-order valence-corrected chi connectivity index (χ3v) is 6.60. The Morgan fingerprint density at radius 1 is 1.12 bits per heavy atom. The topological polar surface area (TPSA) is 101 Å². The highest BCUT2D eigenvalue weighted by molar-refractivity contribution is 7.22. The van der Waals surface area contributed by atoms with Crippen molar-refractivity contribution in [2.45, 2.75) is 18.8 Å². The first-order valence-electron chi connectivity index (χ1n) is 10.1. The SMILES string of the molecule is COc1ccc(C2CC(=O)c3cc(C(=O)Nc4nc5ccccc5s4)c(=O)[nH]c3C2)cc1. The Kier molecular flexibility index (Phi) is 5.07. The van der Waals surface area contributed by atoms with Gasteiger partial charge in [0, 0.05) is 17.7 Å². The van der Waals surface area contributed by atoms with Crippen LogP contribution in [0.15, 0.2) is 59.4 Å². The van der Waals surface area contributed by atoms with Gasteiger partial charge in [-0.3, -0.25) is 19.7 Å². The summed E-state index contributed by atoms with van der Waals surface area (Å²) in [6.07, 6.45) is 0.826. The van der Waals surface area contributed by atoms with Crippen molar-refractivity contribution in [1.82, 2.24) is 9.97 Å². The molecule has 2 N–H and O–H groups in total. The largest absolute Gasteiger partial charge is 0.497 e. The van der Waals surface area contributed by atoms with Gasteiger partial charge < -0.3 is 9.72 Å². The van der Waals surface area contributed by atoms with Crippen molar-refractivity contribution in [3.63, 3.8) is 0 Å². The number of ether oxygens (including phenoxy) is 1. The first-order valence-corrected chi connectivity index (χ1v) is 10.9. The lowest BCUT2D eigenvalue weighted by atomic mass is 9.81. The molecule has 0 spiro atoms. The molecule has 7 nitrogen and oxygen atoms in total. The number of H-pyrrole nitrogens is 1. The van der Waals surface area contributed by atoms with Gasteiger partial charge in [-0.2, -0.15) is 0 Å². The summed E-state index contributed by atoms with van der Waals surface area (Å²) in [6.45, 7) is 0. The lowest BCUT2D eigenvalue weighted by molar-refractivity contribution is 0.0963. The number of anilines is 1. The number of carbonyl (C=O) groups is 2. The number of rotatable bonds is 4. The monoisotopic (exact) mass is 445 g/mol. The highest BCUT2D eigenvalue weighted by Crippen LogP contribution is 2.32.